The molecule has 6 nitrogen and oxygen atoms in total. The smallest absolute Gasteiger partial charge is 0.175 e. The maximum absolute atomic E-state index is 5.14. The largest absolute Gasteiger partial charge is 0.380 e. The highest BCUT2D eigenvalue weighted by atomic mass is 16.5. The first-order chi connectivity index (χ1) is 8.69. The van der Waals surface area contributed by atoms with Gasteiger partial charge in [-0.25, -0.2) is 4.68 Å². The summed E-state index contributed by atoms with van der Waals surface area (Å²) >= 11 is 0. The van der Waals surface area contributed by atoms with E-state index in [0.29, 0.717) is 12.4 Å². The highest BCUT2D eigenvalue weighted by Gasteiger charge is 2.03. The molecule has 1 N–H and O–H groups in total. The van der Waals surface area contributed by atoms with E-state index in [1.807, 2.05) is 38.2 Å². The number of nitrogens with zero attached hydrogens (tertiary/aromatic N) is 4. The molecule has 0 radical (unpaired) electrons. The van der Waals surface area contributed by atoms with Gasteiger partial charge in [0.2, 0.25) is 0 Å². The molecule has 0 bridgehead atoms. The monoisotopic (exact) mass is 247 g/mol. The topological polar surface area (TPSA) is 64.9 Å². The summed E-state index contributed by atoms with van der Waals surface area (Å²) in [7, 11) is 1.68. The first-order valence-corrected chi connectivity index (χ1v) is 5.82. The third-order valence-corrected chi connectivity index (χ3v) is 2.58. The molecule has 0 fully saturated rings. The molecule has 1 atom stereocenters. The summed E-state index contributed by atoms with van der Waals surface area (Å²) in [5.41, 5.74) is 0.952. The average molecular weight is 247 g/mol. The summed E-state index contributed by atoms with van der Waals surface area (Å²) in [6, 6.07) is 5.68. The Hall–Kier alpha value is -1.95. The summed E-state index contributed by atoms with van der Waals surface area (Å²) in [4.78, 5) is 0. The summed E-state index contributed by atoms with van der Waals surface area (Å²) in [6.07, 6.45) is 2.00. The molecule has 6 heteroatoms. The van der Waals surface area contributed by atoms with Gasteiger partial charge in [-0.05, 0) is 32.0 Å². The zero-order valence-corrected chi connectivity index (χ0v) is 10.8. The van der Waals surface area contributed by atoms with Gasteiger partial charge in [-0.2, -0.15) is 5.10 Å². The van der Waals surface area contributed by atoms with Crippen LogP contribution >= 0.6 is 0 Å². The van der Waals surface area contributed by atoms with Crippen LogP contribution in [-0.4, -0.2) is 39.7 Å². The van der Waals surface area contributed by atoms with Crippen molar-refractivity contribution in [2.45, 2.75) is 20.0 Å². The number of rotatable bonds is 5. The van der Waals surface area contributed by atoms with Crippen LogP contribution in [0.3, 0.4) is 0 Å². The fourth-order valence-electron chi connectivity index (χ4n) is 1.42. The molecule has 0 aliphatic heterocycles. The Balaban J connectivity index is 2.01. The Bertz CT molecular complexity index is 493. The van der Waals surface area contributed by atoms with Crippen LogP contribution in [0, 0.1) is 6.92 Å². The van der Waals surface area contributed by atoms with Crippen molar-refractivity contribution < 1.29 is 4.74 Å². The van der Waals surface area contributed by atoms with Crippen LogP contribution in [0.4, 0.5) is 5.82 Å². The molecule has 2 rings (SSSR count). The maximum Gasteiger partial charge on any atom is 0.175 e. The third kappa shape index (κ3) is 3.04. The number of hydrogen-bond donors (Lipinski definition) is 1. The van der Waals surface area contributed by atoms with E-state index in [2.05, 4.69) is 20.6 Å². The molecule has 2 heterocycles. The maximum atomic E-state index is 5.14. The molecule has 2 aromatic heterocycles. The fraction of sp³-hybridized carbons (Fsp3) is 0.417. The van der Waals surface area contributed by atoms with Gasteiger partial charge in [0, 0.05) is 19.9 Å². The van der Waals surface area contributed by atoms with Gasteiger partial charge < -0.3 is 10.1 Å². The normalized spacial score (nSPS) is 12.4. The Morgan fingerprint density at radius 2 is 2.17 bits per heavy atom. The summed E-state index contributed by atoms with van der Waals surface area (Å²) < 4.78 is 6.84. The van der Waals surface area contributed by atoms with Gasteiger partial charge in [0.15, 0.2) is 5.82 Å². The molecule has 2 aromatic rings. The van der Waals surface area contributed by atoms with E-state index >= 15 is 0 Å². The van der Waals surface area contributed by atoms with Crippen LogP contribution in [0.15, 0.2) is 24.4 Å². The summed E-state index contributed by atoms with van der Waals surface area (Å²) in [5.74, 6) is 1.43. The predicted molar refractivity (Wildman–Crippen MR) is 68.9 cm³/mol. The van der Waals surface area contributed by atoms with Crippen molar-refractivity contribution in [2.75, 3.05) is 19.0 Å². The van der Waals surface area contributed by atoms with Crippen LogP contribution < -0.4 is 5.32 Å². The lowest BCUT2D eigenvalue weighted by atomic mass is 10.4. The van der Waals surface area contributed by atoms with Crippen LogP contribution in [-0.2, 0) is 4.74 Å². The molecule has 1 unspecified atom stereocenters. The number of aromatic nitrogens is 4. The first-order valence-electron chi connectivity index (χ1n) is 5.82. The summed E-state index contributed by atoms with van der Waals surface area (Å²) in [6.45, 7) is 4.62. The summed E-state index contributed by atoms with van der Waals surface area (Å²) in [5, 5.41) is 15.6. The van der Waals surface area contributed by atoms with Crippen molar-refractivity contribution in [3.05, 3.63) is 30.1 Å². The highest BCUT2D eigenvalue weighted by molar-refractivity contribution is 5.36. The Labute approximate surface area is 106 Å². The molecule has 0 spiro atoms. The number of ether oxygens (including phenoxy) is 1. The van der Waals surface area contributed by atoms with Crippen molar-refractivity contribution in [1.29, 1.82) is 0 Å². The standard InChI is InChI=1S/C12H17N5O/c1-9-6-7-17(16-9)12-5-4-11(14-15-12)13-8-10(2)18-3/h4-7,10H,8H2,1-3H3,(H,13,14). The van der Waals surface area contributed by atoms with Crippen molar-refractivity contribution >= 4 is 5.82 Å². The Morgan fingerprint density at radius 1 is 1.33 bits per heavy atom. The molecule has 0 aliphatic carbocycles. The number of anilines is 1. The zero-order chi connectivity index (χ0) is 13.0. The lowest BCUT2D eigenvalue weighted by Crippen LogP contribution is -2.18. The van der Waals surface area contributed by atoms with Crippen molar-refractivity contribution in [2.24, 2.45) is 0 Å². The van der Waals surface area contributed by atoms with E-state index in [9.17, 15) is 0 Å². The van der Waals surface area contributed by atoms with Gasteiger partial charge in [-0.1, -0.05) is 0 Å². The molecule has 0 saturated heterocycles. The molecule has 0 aromatic carbocycles. The van der Waals surface area contributed by atoms with Gasteiger partial charge in [-0.3, -0.25) is 0 Å². The van der Waals surface area contributed by atoms with Gasteiger partial charge >= 0.3 is 0 Å². The number of nitrogens with one attached hydrogen (secondary N) is 1. The number of aryl methyl sites for hydroxylation is 1. The van der Waals surface area contributed by atoms with E-state index in [1.54, 1.807) is 11.8 Å². The predicted octanol–water partition coefficient (Wildman–Crippen LogP) is 1.42. The molecule has 18 heavy (non-hydrogen) atoms. The lowest BCUT2D eigenvalue weighted by molar-refractivity contribution is 0.128. The van der Waals surface area contributed by atoms with E-state index in [0.717, 1.165) is 11.5 Å². The molecule has 0 amide bonds. The van der Waals surface area contributed by atoms with Crippen LogP contribution in [0.5, 0.6) is 0 Å². The third-order valence-electron chi connectivity index (χ3n) is 2.58. The van der Waals surface area contributed by atoms with Gasteiger partial charge in [0.1, 0.15) is 5.82 Å². The van der Waals surface area contributed by atoms with Gasteiger partial charge in [0.05, 0.1) is 11.8 Å². The molecule has 0 saturated carbocycles. The number of methoxy groups -OCH3 is 1. The minimum Gasteiger partial charge on any atom is -0.380 e. The van der Waals surface area contributed by atoms with Crippen LogP contribution in [0.25, 0.3) is 5.82 Å². The molecule has 0 aliphatic rings. The SMILES string of the molecule is COC(C)CNc1ccc(-n2ccc(C)n2)nn1. The molecular weight excluding hydrogens is 230 g/mol. The van der Waals surface area contributed by atoms with E-state index in [-0.39, 0.29) is 6.10 Å². The highest BCUT2D eigenvalue weighted by Crippen LogP contribution is 2.06. The number of hydrogen-bond acceptors (Lipinski definition) is 5. The minimum atomic E-state index is 0.139. The second-order valence-electron chi connectivity index (χ2n) is 4.11. The zero-order valence-electron chi connectivity index (χ0n) is 10.8. The van der Waals surface area contributed by atoms with Gasteiger partial charge in [-0.15, -0.1) is 10.2 Å². The minimum absolute atomic E-state index is 0.139. The first kappa shape index (κ1) is 12.5. The van der Waals surface area contributed by atoms with E-state index < -0.39 is 0 Å². The Kier molecular flexibility index (Phi) is 3.88. The lowest BCUT2D eigenvalue weighted by Gasteiger charge is -2.10. The molecular formula is C12H17N5O. The second-order valence-corrected chi connectivity index (χ2v) is 4.11. The Morgan fingerprint density at radius 3 is 2.72 bits per heavy atom. The van der Waals surface area contributed by atoms with Crippen molar-refractivity contribution in [1.82, 2.24) is 20.0 Å². The fourth-order valence-corrected chi connectivity index (χ4v) is 1.42. The quantitative estimate of drug-likeness (QED) is 0.865. The van der Waals surface area contributed by atoms with Crippen LogP contribution in [0.2, 0.25) is 0 Å². The van der Waals surface area contributed by atoms with Crippen molar-refractivity contribution in [3.8, 4) is 5.82 Å². The van der Waals surface area contributed by atoms with Crippen molar-refractivity contribution in [3.63, 3.8) is 0 Å². The van der Waals surface area contributed by atoms with Gasteiger partial charge in [0.25, 0.3) is 0 Å². The molecule has 96 valence electrons. The van der Waals surface area contributed by atoms with E-state index in [4.69, 9.17) is 4.74 Å². The van der Waals surface area contributed by atoms with E-state index in [1.165, 1.54) is 0 Å². The van der Waals surface area contributed by atoms with Crippen LogP contribution in [0.1, 0.15) is 12.6 Å². The second kappa shape index (κ2) is 5.59. The average Bonchev–Trinajstić information content (AvgIpc) is 2.83.